The van der Waals surface area contributed by atoms with Crippen molar-refractivity contribution >= 4 is 29.0 Å². The minimum Gasteiger partial charge on any atom is -0.389 e. The Morgan fingerprint density at radius 2 is 2.11 bits per heavy atom. The van der Waals surface area contributed by atoms with E-state index in [0.717, 1.165) is 0 Å². The Hall–Kier alpha value is -1.95. The minimum atomic E-state index is -0.178. The van der Waals surface area contributed by atoms with E-state index in [4.69, 9.17) is 18.0 Å². The van der Waals surface area contributed by atoms with Crippen LogP contribution in [0.2, 0.25) is 0 Å². The van der Waals surface area contributed by atoms with E-state index >= 15 is 0 Å². The third-order valence-corrected chi connectivity index (χ3v) is 2.96. The maximum absolute atomic E-state index is 12.2. The molecule has 94 valence electrons. The summed E-state index contributed by atoms with van der Waals surface area (Å²) in [7, 11) is 0. The van der Waals surface area contributed by atoms with Crippen molar-refractivity contribution in [1.29, 1.82) is 0 Å². The number of carbonyl (C=O) groups is 2. The maximum Gasteiger partial charge on any atom is 0.254 e. The van der Waals surface area contributed by atoms with Crippen LogP contribution < -0.4 is 11.1 Å². The lowest BCUT2D eigenvalue weighted by atomic mass is 10.1. The van der Waals surface area contributed by atoms with Gasteiger partial charge in [0.05, 0.1) is 6.54 Å². The number of thiocarbonyl (C=S) groups is 1. The number of amides is 2. The molecule has 0 bridgehead atoms. The lowest BCUT2D eigenvalue weighted by Gasteiger charge is -2.26. The molecule has 2 amide bonds. The molecule has 1 saturated heterocycles. The second kappa shape index (κ2) is 5.14. The van der Waals surface area contributed by atoms with Gasteiger partial charge in [0.25, 0.3) is 5.91 Å². The van der Waals surface area contributed by atoms with Gasteiger partial charge < -0.3 is 16.0 Å². The third kappa shape index (κ3) is 2.65. The van der Waals surface area contributed by atoms with Gasteiger partial charge in [0.15, 0.2) is 0 Å². The summed E-state index contributed by atoms with van der Waals surface area (Å²) in [4.78, 5) is 25.2. The number of rotatable bonds is 2. The van der Waals surface area contributed by atoms with E-state index in [9.17, 15) is 9.59 Å². The summed E-state index contributed by atoms with van der Waals surface area (Å²) in [6.45, 7) is 1.09. The van der Waals surface area contributed by atoms with Gasteiger partial charge in [-0.2, -0.15) is 0 Å². The Balaban J connectivity index is 2.20. The Bertz CT molecular complexity index is 516. The Kier molecular flexibility index (Phi) is 3.57. The summed E-state index contributed by atoms with van der Waals surface area (Å²) in [6.07, 6.45) is 0. The van der Waals surface area contributed by atoms with Crippen LogP contribution in [0, 0.1) is 0 Å². The van der Waals surface area contributed by atoms with Gasteiger partial charge in [0.1, 0.15) is 4.99 Å². The topological polar surface area (TPSA) is 75.4 Å². The molecule has 0 saturated carbocycles. The second-order valence-electron chi connectivity index (χ2n) is 4.02. The number of piperazine rings is 1. The van der Waals surface area contributed by atoms with Crippen molar-refractivity contribution in [2.45, 2.75) is 0 Å². The summed E-state index contributed by atoms with van der Waals surface area (Å²) in [6, 6.07) is 6.82. The zero-order valence-electron chi connectivity index (χ0n) is 9.68. The lowest BCUT2D eigenvalue weighted by molar-refractivity contribution is -0.123. The van der Waals surface area contributed by atoms with Crippen molar-refractivity contribution in [3.05, 3.63) is 35.4 Å². The lowest BCUT2D eigenvalue weighted by Crippen LogP contribution is -2.50. The van der Waals surface area contributed by atoms with Crippen molar-refractivity contribution in [1.82, 2.24) is 10.2 Å². The first-order valence-corrected chi connectivity index (χ1v) is 5.94. The van der Waals surface area contributed by atoms with Crippen LogP contribution in [-0.4, -0.2) is 41.3 Å². The monoisotopic (exact) mass is 263 g/mol. The van der Waals surface area contributed by atoms with E-state index in [-0.39, 0.29) is 23.3 Å². The van der Waals surface area contributed by atoms with E-state index in [1.807, 2.05) is 0 Å². The number of nitrogens with zero attached hydrogens (tertiary/aromatic N) is 1. The molecule has 0 atom stereocenters. The molecule has 0 aromatic heterocycles. The second-order valence-corrected chi connectivity index (χ2v) is 4.46. The summed E-state index contributed by atoms with van der Waals surface area (Å²) in [5.74, 6) is -0.317. The summed E-state index contributed by atoms with van der Waals surface area (Å²) in [5.41, 5.74) is 6.67. The molecule has 1 fully saturated rings. The van der Waals surface area contributed by atoms with Crippen molar-refractivity contribution in [3.63, 3.8) is 0 Å². The third-order valence-electron chi connectivity index (χ3n) is 2.72. The van der Waals surface area contributed by atoms with E-state index in [0.29, 0.717) is 24.2 Å². The zero-order valence-corrected chi connectivity index (χ0v) is 10.5. The maximum atomic E-state index is 12.2. The molecule has 1 aromatic rings. The van der Waals surface area contributed by atoms with Gasteiger partial charge in [-0.15, -0.1) is 0 Å². The van der Waals surface area contributed by atoms with E-state index in [1.165, 1.54) is 4.90 Å². The van der Waals surface area contributed by atoms with Crippen LogP contribution in [0.5, 0.6) is 0 Å². The molecule has 18 heavy (non-hydrogen) atoms. The van der Waals surface area contributed by atoms with Crippen molar-refractivity contribution in [2.24, 2.45) is 5.73 Å². The van der Waals surface area contributed by atoms with Crippen LogP contribution >= 0.6 is 12.2 Å². The molecule has 0 unspecified atom stereocenters. The minimum absolute atomic E-state index is 0.0934. The fourth-order valence-electron chi connectivity index (χ4n) is 1.80. The number of carbonyl (C=O) groups excluding carboxylic acids is 2. The number of nitrogens with two attached hydrogens (primary N) is 1. The van der Waals surface area contributed by atoms with Crippen LogP contribution in [0.1, 0.15) is 15.9 Å². The van der Waals surface area contributed by atoms with Crippen LogP contribution in [0.15, 0.2) is 24.3 Å². The first kappa shape index (κ1) is 12.5. The quantitative estimate of drug-likeness (QED) is 0.730. The number of hydrogen-bond acceptors (Lipinski definition) is 3. The van der Waals surface area contributed by atoms with Crippen molar-refractivity contribution in [2.75, 3.05) is 19.6 Å². The number of benzene rings is 1. The summed E-state index contributed by atoms with van der Waals surface area (Å²) in [5, 5.41) is 2.67. The summed E-state index contributed by atoms with van der Waals surface area (Å²) < 4.78 is 0. The van der Waals surface area contributed by atoms with Crippen LogP contribution in [0.25, 0.3) is 0 Å². The Morgan fingerprint density at radius 3 is 2.78 bits per heavy atom. The van der Waals surface area contributed by atoms with E-state index in [1.54, 1.807) is 24.3 Å². The molecule has 0 spiro atoms. The molecule has 6 heteroatoms. The number of hydrogen-bond donors (Lipinski definition) is 2. The standard InChI is InChI=1S/C12H13N3O2S/c13-11(18)8-2-1-3-9(6-8)12(17)15-5-4-14-10(16)7-15/h1-3,6H,4-5,7H2,(H2,13,18)(H,14,16). The molecule has 1 aliphatic heterocycles. The Labute approximate surface area is 110 Å². The van der Waals surface area contributed by atoms with Gasteiger partial charge in [-0.05, 0) is 12.1 Å². The molecule has 3 N–H and O–H groups in total. The molecule has 0 aliphatic carbocycles. The zero-order chi connectivity index (χ0) is 13.1. The van der Waals surface area contributed by atoms with Crippen molar-refractivity contribution in [3.8, 4) is 0 Å². The highest BCUT2D eigenvalue weighted by Gasteiger charge is 2.22. The molecule has 0 radical (unpaired) electrons. The van der Waals surface area contributed by atoms with Gasteiger partial charge in [0, 0.05) is 24.2 Å². The predicted octanol–water partition coefficient (Wildman–Crippen LogP) is -0.107. The molecule has 1 aliphatic rings. The normalized spacial score (nSPS) is 15.1. The molecule has 1 heterocycles. The average Bonchev–Trinajstić information content (AvgIpc) is 2.38. The van der Waals surface area contributed by atoms with Gasteiger partial charge in [-0.3, -0.25) is 9.59 Å². The SMILES string of the molecule is NC(=S)c1cccc(C(=O)N2CCNC(=O)C2)c1. The smallest absolute Gasteiger partial charge is 0.254 e. The first-order valence-electron chi connectivity index (χ1n) is 5.54. The van der Waals surface area contributed by atoms with Gasteiger partial charge in [-0.25, -0.2) is 0 Å². The number of nitrogens with one attached hydrogen (secondary N) is 1. The van der Waals surface area contributed by atoms with Gasteiger partial charge >= 0.3 is 0 Å². The largest absolute Gasteiger partial charge is 0.389 e. The fraction of sp³-hybridized carbons (Fsp3) is 0.250. The Morgan fingerprint density at radius 1 is 1.39 bits per heavy atom. The van der Waals surface area contributed by atoms with Crippen molar-refractivity contribution < 1.29 is 9.59 Å². The van der Waals surface area contributed by atoms with Crippen LogP contribution in [0.4, 0.5) is 0 Å². The first-order chi connectivity index (χ1) is 8.58. The van der Waals surface area contributed by atoms with Crippen LogP contribution in [-0.2, 0) is 4.79 Å². The molecule has 5 nitrogen and oxygen atoms in total. The average molecular weight is 263 g/mol. The van der Waals surface area contributed by atoms with Crippen LogP contribution in [0.3, 0.4) is 0 Å². The molecular weight excluding hydrogens is 250 g/mol. The highest BCUT2D eigenvalue weighted by Crippen LogP contribution is 2.09. The highest BCUT2D eigenvalue weighted by atomic mass is 32.1. The fourth-order valence-corrected chi connectivity index (χ4v) is 1.93. The summed E-state index contributed by atoms with van der Waals surface area (Å²) >= 11 is 4.87. The molecule has 2 rings (SSSR count). The highest BCUT2D eigenvalue weighted by molar-refractivity contribution is 7.80. The predicted molar refractivity (Wildman–Crippen MR) is 71.2 cm³/mol. The van der Waals surface area contributed by atoms with Gasteiger partial charge in [-0.1, -0.05) is 24.4 Å². The molecular formula is C12H13N3O2S. The van der Waals surface area contributed by atoms with E-state index < -0.39 is 0 Å². The molecule has 1 aromatic carbocycles. The van der Waals surface area contributed by atoms with E-state index in [2.05, 4.69) is 5.32 Å². The van der Waals surface area contributed by atoms with Gasteiger partial charge in [0.2, 0.25) is 5.91 Å².